The Morgan fingerprint density at radius 3 is 2.58 bits per heavy atom. The standard InChI is InChI=1S/C19H28BrNO2S/c1-19(2,3)23-18(22)10-12-4-6-13(7-5-12)21-15-11-14(15)16-8-9-17(20)24-16/h8-9,12-15,21H,4-7,10-11H2,1-3H3/t12?,13?,14-,15-/m0/s1. The predicted molar refractivity (Wildman–Crippen MR) is 103 cm³/mol. The van der Waals surface area contributed by atoms with Crippen molar-refractivity contribution in [2.24, 2.45) is 5.92 Å². The lowest BCUT2D eigenvalue weighted by Crippen LogP contribution is -2.36. The minimum Gasteiger partial charge on any atom is -0.460 e. The van der Waals surface area contributed by atoms with Gasteiger partial charge in [-0.3, -0.25) is 4.79 Å². The first-order valence-corrected chi connectivity index (χ1v) is 10.6. The second-order valence-corrected chi connectivity index (χ2v) is 10.8. The van der Waals surface area contributed by atoms with Gasteiger partial charge in [0.25, 0.3) is 0 Å². The van der Waals surface area contributed by atoms with Crippen molar-refractivity contribution in [1.29, 1.82) is 0 Å². The molecule has 3 rings (SSSR count). The van der Waals surface area contributed by atoms with E-state index in [9.17, 15) is 4.79 Å². The van der Waals surface area contributed by atoms with Gasteiger partial charge in [-0.05, 0) is 86.9 Å². The van der Waals surface area contributed by atoms with Crippen LogP contribution in [-0.4, -0.2) is 23.7 Å². The molecule has 5 heteroatoms. The highest BCUT2D eigenvalue weighted by Crippen LogP contribution is 2.45. The second kappa shape index (κ2) is 7.46. The van der Waals surface area contributed by atoms with Gasteiger partial charge >= 0.3 is 5.97 Å². The minimum atomic E-state index is -0.367. The van der Waals surface area contributed by atoms with E-state index in [0.717, 1.165) is 12.8 Å². The third-order valence-electron chi connectivity index (χ3n) is 4.92. The van der Waals surface area contributed by atoms with Crippen LogP contribution in [0.4, 0.5) is 0 Å². The molecule has 0 saturated heterocycles. The zero-order valence-electron chi connectivity index (χ0n) is 14.8. The van der Waals surface area contributed by atoms with E-state index in [1.165, 1.54) is 27.9 Å². The Labute approximate surface area is 157 Å². The van der Waals surface area contributed by atoms with Gasteiger partial charge in [0.05, 0.1) is 3.79 Å². The number of thiophene rings is 1. The largest absolute Gasteiger partial charge is 0.460 e. The van der Waals surface area contributed by atoms with Crippen LogP contribution in [0.3, 0.4) is 0 Å². The number of carbonyl (C=O) groups is 1. The first-order chi connectivity index (χ1) is 11.3. The molecule has 1 heterocycles. The third-order valence-corrected chi connectivity index (χ3v) is 6.68. The van der Waals surface area contributed by atoms with Crippen LogP contribution in [0.5, 0.6) is 0 Å². The van der Waals surface area contributed by atoms with E-state index >= 15 is 0 Å². The predicted octanol–water partition coefficient (Wildman–Crippen LogP) is 5.25. The highest BCUT2D eigenvalue weighted by atomic mass is 79.9. The summed E-state index contributed by atoms with van der Waals surface area (Å²) in [5.41, 5.74) is -0.367. The summed E-state index contributed by atoms with van der Waals surface area (Å²) in [6.07, 6.45) is 6.50. The number of nitrogens with one attached hydrogen (secondary N) is 1. The van der Waals surface area contributed by atoms with Crippen molar-refractivity contribution in [3.05, 3.63) is 20.8 Å². The van der Waals surface area contributed by atoms with Crippen LogP contribution >= 0.6 is 27.3 Å². The van der Waals surface area contributed by atoms with Crippen molar-refractivity contribution in [2.45, 2.75) is 82.9 Å². The Kier molecular flexibility index (Phi) is 5.72. The van der Waals surface area contributed by atoms with Gasteiger partial charge in [-0.2, -0.15) is 0 Å². The maximum Gasteiger partial charge on any atom is 0.306 e. The van der Waals surface area contributed by atoms with E-state index in [2.05, 4.69) is 33.4 Å². The quantitative estimate of drug-likeness (QED) is 0.669. The lowest BCUT2D eigenvalue weighted by molar-refractivity contribution is -0.156. The zero-order valence-corrected chi connectivity index (χ0v) is 17.2. The van der Waals surface area contributed by atoms with Gasteiger partial charge < -0.3 is 10.1 Å². The molecule has 0 spiro atoms. The number of rotatable bonds is 5. The maximum atomic E-state index is 12.0. The fraction of sp³-hybridized carbons (Fsp3) is 0.737. The number of hydrogen-bond acceptors (Lipinski definition) is 4. The lowest BCUT2D eigenvalue weighted by Gasteiger charge is -2.29. The van der Waals surface area contributed by atoms with Crippen molar-refractivity contribution in [3.63, 3.8) is 0 Å². The van der Waals surface area contributed by atoms with E-state index in [0.29, 0.717) is 30.3 Å². The molecule has 3 nitrogen and oxygen atoms in total. The molecule has 0 radical (unpaired) electrons. The summed E-state index contributed by atoms with van der Waals surface area (Å²) in [7, 11) is 0. The highest BCUT2D eigenvalue weighted by Gasteiger charge is 2.40. The van der Waals surface area contributed by atoms with Gasteiger partial charge in [-0.1, -0.05) is 0 Å². The van der Waals surface area contributed by atoms with Gasteiger partial charge in [-0.15, -0.1) is 11.3 Å². The first kappa shape index (κ1) is 18.4. The molecular formula is C19H28BrNO2S. The van der Waals surface area contributed by atoms with Crippen LogP contribution in [0.1, 0.15) is 70.1 Å². The number of halogens is 1. The molecule has 2 aliphatic carbocycles. The molecular weight excluding hydrogens is 386 g/mol. The van der Waals surface area contributed by atoms with Crippen molar-refractivity contribution < 1.29 is 9.53 Å². The summed E-state index contributed by atoms with van der Waals surface area (Å²) in [5, 5.41) is 3.84. The summed E-state index contributed by atoms with van der Waals surface area (Å²) in [6, 6.07) is 5.68. The van der Waals surface area contributed by atoms with E-state index in [-0.39, 0.29) is 11.6 Å². The van der Waals surface area contributed by atoms with Gasteiger partial charge in [0.2, 0.25) is 0 Å². The molecule has 0 unspecified atom stereocenters. The molecule has 2 saturated carbocycles. The van der Waals surface area contributed by atoms with Crippen molar-refractivity contribution >= 4 is 33.2 Å². The summed E-state index contributed by atoms with van der Waals surface area (Å²) < 4.78 is 6.68. The number of esters is 1. The van der Waals surface area contributed by atoms with Crippen molar-refractivity contribution in [1.82, 2.24) is 5.32 Å². The Morgan fingerprint density at radius 2 is 2.00 bits per heavy atom. The molecule has 2 fully saturated rings. The monoisotopic (exact) mass is 413 g/mol. The van der Waals surface area contributed by atoms with E-state index in [1.54, 1.807) is 0 Å². The summed E-state index contributed by atoms with van der Waals surface area (Å²) in [4.78, 5) is 13.5. The van der Waals surface area contributed by atoms with Crippen molar-refractivity contribution in [3.8, 4) is 0 Å². The molecule has 134 valence electrons. The highest BCUT2D eigenvalue weighted by molar-refractivity contribution is 9.11. The number of hydrogen-bond donors (Lipinski definition) is 1. The Balaban J connectivity index is 1.36. The molecule has 2 aliphatic rings. The average molecular weight is 414 g/mol. The molecule has 0 aromatic carbocycles. The molecule has 0 bridgehead atoms. The van der Waals surface area contributed by atoms with Crippen LogP contribution in [0, 0.1) is 5.92 Å². The van der Waals surface area contributed by atoms with Crippen LogP contribution in [0.25, 0.3) is 0 Å². The minimum absolute atomic E-state index is 0.0376. The Bertz CT molecular complexity index is 572. The fourth-order valence-electron chi connectivity index (χ4n) is 3.68. The molecule has 0 aliphatic heterocycles. The lowest BCUT2D eigenvalue weighted by atomic mass is 9.84. The van der Waals surface area contributed by atoms with Gasteiger partial charge in [0.15, 0.2) is 0 Å². The van der Waals surface area contributed by atoms with Gasteiger partial charge in [0, 0.05) is 29.3 Å². The molecule has 0 amide bonds. The maximum absolute atomic E-state index is 12.0. The summed E-state index contributed by atoms with van der Waals surface area (Å²) in [5.74, 6) is 1.17. The number of carbonyl (C=O) groups excluding carboxylic acids is 1. The van der Waals surface area contributed by atoms with Crippen LogP contribution in [-0.2, 0) is 9.53 Å². The molecule has 1 aromatic heterocycles. The fourth-order valence-corrected chi connectivity index (χ4v) is 5.28. The van der Waals surface area contributed by atoms with Gasteiger partial charge in [0.1, 0.15) is 5.60 Å². The van der Waals surface area contributed by atoms with Crippen LogP contribution < -0.4 is 5.32 Å². The van der Waals surface area contributed by atoms with E-state index in [4.69, 9.17) is 4.74 Å². The van der Waals surface area contributed by atoms with Crippen LogP contribution in [0.15, 0.2) is 15.9 Å². The SMILES string of the molecule is CC(C)(C)OC(=O)CC1CCC(N[C@H]2C[C@@H]2c2ccc(Br)s2)CC1. The third kappa shape index (κ3) is 5.30. The first-order valence-electron chi connectivity index (χ1n) is 9.03. The topological polar surface area (TPSA) is 38.3 Å². The van der Waals surface area contributed by atoms with Crippen LogP contribution in [0.2, 0.25) is 0 Å². The normalized spacial score (nSPS) is 30.2. The summed E-state index contributed by atoms with van der Waals surface area (Å²) >= 11 is 5.41. The Hall–Kier alpha value is -0.390. The van der Waals surface area contributed by atoms with E-state index in [1.807, 2.05) is 32.1 Å². The van der Waals surface area contributed by atoms with Crippen molar-refractivity contribution in [2.75, 3.05) is 0 Å². The molecule has 1 aromatic rings. The summed E-state index contributed by atoms with van der Waals surface area (Å²) in [6.45, 7) is 5.80. The second-order valence-electron chi connectivity index (χ2n) is 8.27. The molecule has 1 N–H and O–H groups in total. The number of ether oxygens (including phenoxy) is 1. The Morgan fingerprint density at radius 1 is 1.29 bits per heavy atom. The average Bonchev–Trinajstić information content (AvgIpc) is 3.10. The zero-order chi connectivity index (χ0) is 17.3. The smallest absolute Gasteiger partial charge is 0.306 e. The van der Waals surface area contributed by atoms with E-state index < -0.39 is 0 Å². The van der Waals surface area contributed by atoms with Gasteiger partial charge in [-0.25, -0.2) is 0 Å². The molecule has 2 atom stereocenters. The molecule has 24 heavy (non-hydrogen) atoms.